The van der Waals surface area contributed by atoms with Crippen LogP contribution in [0.2, 0.25) is 0 Å². The van der Waals surface area contributed by atoms with Gasteiger partial charge in [-0.15, -0.1) is 0 Å². The number of imidazole rings is 1. The number of nitrogens with two attached hydrogens (primary N) is 1. The van der Waals surface area contributed by atoms with Crippen molar-refractivity contribution in [2.24, 2.45) is 0 Å². The van der Waals surface area contributed by atoms with Crippen molar-refractivity contribution in [3.63, 3.8) is 0 Å². The van der Waals surface area contributed by atoms with E-state index >= 15 is 0 Å². The van der Waals surface area contributed by atoms with E-state index in [0.717, 1.165) is 0 Å². The summed E-state index contributed by atoms with van der Waals surface area (Å²) in [7, 11) is 0. The first-order valence-corrected chi connectivity index (χ1v) is 5.87. The number of aromatic amines is 1. The van der Waals surface area contributed by atoms with Gasteiger partial charge in [0.2, 0.25) is 5.95 Å². The Labute approximate surface area is 111 Å². The number of rotatable bonds is 2. The Morgan fingerprint density at radius 3 is 2.85 bits per heavy atom. The highest BCUT2D eigenvalue weighted by Crippen LogP contribution is 2.30. The number of aliphatic hydroxyl groups excluding tert-OH is 3. The van der Waals surface area contributed by atoms with Crippen LogP contribution in [0.1, 0.15) is 6.23 Å². The van der Waals surface area contributed by atoms with E-state index in [1.807, 2.05) is 0 Å². The number of fused-ring (bicyclic) bond motifs is 1. The summed E-state index contributed by atoms with van der Waals surface area (Å²) >= 11 is 0. The maximum absolute atomic E-state index is 11.7. The molecule has 6 N–H and O–H groups in total. The summed E-state index contributed by atoms with van der Waals surface area (Å²) in [5.74, 6) is -0.101. The van der Waals surface area contributed by atoms with Gasteiger partial charge in [0.25, 0.3) is 5.56 Å². The zero-order valence-electron chi connectivity index (χ0n) is 10.2. The third kappa shape index (κ3) is 1.78. The highest BCUT2D eigenvalue weighted by Gasteiger charge is 2.44. The van der Waals surface area contributed by atoms with Crippen LogP contribution in [-0.4, -0.2) is 59.8 Å². The van der Waals surface area contributed by atoms with Crippen LogP contribution in [-0.2, 0) is 4.74 Å². The minimum absolute atomic E-state index is 0.0388. The molecule has 4 atom stereocenters. The SMILES string of the molecule is N[13c]1[15n]c2c(ncn2[C@@H]2O[C@H](CO)[C@@H](O)[C@@H]2O)c(=O)[15nH]1. The summed E-state index contributed by atoms with van der Waals surface area (Å²) < 4.78 is 6.64. The Bertz CT molecular complexity index is 697. The molecule has 3 rings (SSSR count). The number of nitrogens with zero attached hydrogens (tertiary/aromatic N) is 3. The standard InChI is InChI=1S/C10H13N5O5/c11-10-13-7-4(8(19)14-10)12-2-15(7)9-6(18)5(17)3(1-16)20-9/h2-3,5-6,9,16-18H,1H2,(H3,11,13,14,19)/t3-,5-,6+,9-/m1/s1/i10+1,13+1,14+1. The summed E-state index contributed by atoms with van der Waals surface area (Å²) in [6.07, 6.45) is -3.21. The number of aliphatic hydroxyl groups is 3. The first-order valence-electron chi connectivity index (χ1n) is 5.87. The van der Waals surface area contributed by atoms with Gasteiger partial charge in [0.05, 0.1) is 12.9 Å². The summed E-state index contributed by atoms with van der Waals surface area (Å²) in [6, 6.07) is 0. The topological polar surface area (TPSA) is 160 Å². The first kappa shape index (κ1) is 13.0. The van der Waals surface area contributed by atoms with Gasteiger partial charge in [-0.3, -0.25) is 14.3 Å². The molecule has 0 saturated carbocycles. The number of H-pyrrole nitrogens is 1. The summed E-state index contributed by atoms with van der Waals surface area (Å²) in [6.45, 7) is -0.447. The lowest BCUT2D eigenvalue weighted by molar-refractivity contribution is -0.0511. The maximum Gasteiger partial charge on any atom is 0.280 e. The molecule has 2 aromatic rings. The van der Waals surface area contributed by atoms with Crippen molar-refractivity contribution in [2.45, 2.75) is 24.5 Å². The molecule has 3 heterocycles. The minimum Gasteiger partial charge on any atom is -0.394 e. The third-order valence-electron chi connectivity index (χ3n) is 3.24. The quantitative estimate of drug-likeness (QED) is 0.399. The smallest absolute Gasteiger partial charge is 0.280 e. The van der Waals surface area contributed by atoms with Gasteiger partial charge in [-0.1, -0.05) is 0 Å². The maximum atomic E-state index is 11.7. The van der Waals surface area contributed by atoms with Crippen LogP contribution in [0.25, 0.3) is 11.2 Å². The number of ether oxygens (including phenoxy) is 1. The van der Waals surface area contributed by atoms with E-state index in [0.29, 0.717) is 0 Å². The molecule has 0 amide bonds. The van der Waals surface area contributed by atoms with Gasteiger partial charge >= 0.3 is 0 Å². The van der Waals surface area contributed by atoms with Crippen LogP contribution in [0.5, 0.6) is 0 Å². The number of hydrogen-bond donors (Lipinski definition) is 5. The van der Waals surface area contributed by atoms with Crippen molar-refractivity contribution in [3.8, 4) is 0 Å². The number of hydrogen-bond acceptors (Lipinski definition) is 8. The average molecular weight is 286 g/mol. The predicted octanol–water partition coefficient (Wildman–Crippen LogP) is -2.69. The van der Waals surface area contributed by atoms with Crippen LogP contribution in [0.3, 0.4) is 0 Å². The van der Waals surface area contributed by atoms with Crippen molar-refractivity contribution >= 4 is 17.1 Å². The van der Waals surface area contributed by atoms with Crippen molar-refractivity contribution in [1.29, 1.82) is 0 Å². The molecule has 0 bridgehead atoms. The van der Waals surface area contributed by atoms with E-state index < -0.39 is 36.7 Å². The van der Waals surface area contributed by atoms with E-state index in [2.05, 4.69) is 15.0 Å². The van der Waals surface area contributed by atoms with Gasteiger partial charge < -0.3 is 25.8 Å². The number of nitrogen functional groups attached to an aromatic ring is 1. The average Bonchev–Trinajstić information content (AvgIpc) is 2.93. The Hall–Kier alpha value is -2.01. The molecule has 10 heteroatoms. The molecular weight excluding hydrogens is 273 g/mol. The highest BCUT2D eigenvalue weighted by atomic mass is 16.6. The fourth-order valence-corrected chi connectivity index (χ4v) is 2.24. The van der Waals surface area contributed by atoms with Gasteiger partial charge in [0.15, 0.2) is 17.4 Å². The van der Waals surface area contributed by atoms with Crippen LogP contribution >= 0.6 is 0 Å². The molecule has 1 fully saturated rings. The zero-order chi connectivity index (χ0) is 14.4. The van der Waals surface area contributed by atoms with Gasteiger partial charge in [0, 0.05) is 0 Å². The molecular formula is C10H13N5O5. The highest BCUT2D eigenvalue weighted by molar-refractivity contribution is 5.70. The first-order chi connectivity index (χ1) is 9.52. The van der Waals surface area contributed by atoms with Crippen molar-refractivity contribution in [1.82, 2.24) is 19.5 Å². The molecule has 2 aromatic heterocycles. The Kier molecular flexibility index (Phi) is 2.94. The van der Waals surface area contributed by atoms with E-state index in [1.165, 1.54) is 10.9 Å². The Morgan fingerprint density at radius 2 is 2.20 bits per heavy atom. The predicted molar refractivity (Wildman–Crippen MR) is 65.6 cm³/mol. The van der Waals surface area contributed by atoms with Crippen molar-refractivity contribution in [3.05, 3.63) is 16.7 Å². The minimum atomic E-state index is -1.29. The molecule has 1 aliphatic heterocycles. The second-order valence-electron chi connectivity index (χ2n) is 4.50. The van der Waals surface area contributed by atoms with E-state index in [9.17, 15) is 15.0 Å². The van der Waals surface area contributed by atoms with Crippen molar-refractivity contribution < 1.29 is 20.1 Å². The molecule has 0 radical (unpaired) electrons. The zero-order valence-corrected chi connectivity index (χ0v) is 10.2. The molecule has 1 saturated heterocycles. The molecule has 20 heavy (non-hydrogen) atoms. The summed E-state index contributed by atoms with van der Waals surface area (Å²) in [5, 5.41) is 28.7. The van der Waals surface area contributed by atoms with Gasteiger partial charge in [-0.2, -0.15) is 4.98 Å². The molecule has 0 aromatic carbocycles. The van der Waals surface area contributed by atoms with E-state index in [-0.39, 0.29) is 17.1 Å². The van der Waals surface area contributed by atoms with E-state index in [1.54, 1.807) is 0 Å². The van der Waals surface area contributed by atoms with Crippen LogP contribution in [0, 0.1) is 0 Å². The van der Waals surface area contributed by atoms with Gasteiger partial charge in [-0.05, 0) is 0 Å². The summed E-state index contributed by atoms with van der Waals surface area (Å²) in [5.41, 5.74) is 5.12. The molecule has 10 nitrogen and oxygen atoms in total. The Morgan fingerprint density at radius 1 is 1.45 bits per heavy atom. The lowest BCUT2D eigenvalue weighted by Crippen LogP contribution is -2.33. The van der Waals surface area contributed by atoms with E-state index in [4.69, 9.17) is 15.6 Å². The fraction of sp³-hybridized carbons (Fsp3) is 0.500. The second kappa shape index (κ2) is 4.52. The molecule has 0 unspecified atom stereocenters. The molecule has 1 aliphatic rings. The monoisotopic (exact) mass is 286 g/mol. The molecule has 108 valence electrons. The van der Waals surface area contributed by atoms with Gasteiger partial charge in [-0.25, -0.2) is 4.98 Å². The Balaban J connectivity index is 2.09. The number of aromatic nitrogens is 4. The number of anilines is 1. The van der Waals surface area contributed by atoms with Crippen molar-refractivity contribution in [2.75, 3.05) is 12.3 Å². The second-order valence-corrected chi connectivity index (χ2v) is 4.50. The molecule has 0 aliphatic carbocycles. The van der Waals surface area contributed by atoms with Crippen LogP contribution in [0.15, 0.2) is 11.1 Å². The van der Waals surface area contributed by atoms with Gasteiger partial charge in [0.1, 0.15) is 18.3 Å². The lowest BCUT2D eigenvalue weighted by atomic mass is 10.1. The van der Waals surface area contributed by atoms with Crippen LogP contribution < -0.4 is 11.3 Å². The van der Waals surface area contributed by atoms with Crippen LogP contribution in [0.4, 0.5) is 5.95 Å². The number of nitrogens with one attached hydrogen (secondary N) is 1. The fourth-order valence-electron chi connectivity index (χ4n) is 2.24. The normalized spacial score (nSPS) is 30.1. The largest absolute Gasteiger partial charge is 0.394 e. The molecule has 0 spiro atoms. The third-order valence-corrected chi connectivity index (χ3v) is 3.24. The summed E-state index contributed by atoms with van der Waals surface area (Å²) in [4.78, 5) is 21.8. The lowest BCUT2D eigenvalue weighted by Gasteiger charge is -2.16.